The van der Waals surface area contributed by atoms with E-state index in [1.807, 2.05) is 4.90 Å². The molecule has 1 aliphatic carbocycles. The van der Waals surface area contributed by atoms with Gasteiger partial charge in [0.1, 0.15) is 6.54 Å². The number of carbonyl (C=O) groups is 2. The summed E-state index contributed by atoms with van der Waals surface area (Å²) in [5, 5.41) is 8.98. The maximum atomic E-state index is 12.5. The van der Waals surface area contributed by atoms with E-state index in [1.165, 1.54) is 4.90 Å². The van der Waals surface area contributed by atoms with Crippen LogP contribution in [0.2, 0.25) is 0 Å². The molecule has 5 nitrogen and oxygen atoms in total. The monoisotopic (exact) mass is 282 g/mol. The van der Waals surface area contributed by atoms with E-state index in [0.717, 1.165) is 32.4 Å². The smallest absolute Gasteiger partial charge is 0.323 e. The van der Waals surface area contributed by atoms with Gasteiger partial charge >= 0.3 is 12.0 Å². The van der Waals surface area contributed by atoms with Crippen molar-refractivity contribution in [1.29, 1.82) is 0 Å². The third-order valence-corrected chi connectivity index (χ3v) is 4.46. The second kappa shape index (κ2) is 5.62. The van der Waals surface area contributed by atoms with Gasteiger partial charge in [0.2, 0.25) is 0 Å². The molecule has 2 fully saturated rings. The van der Waals surface area contributed by atoms with E-state index in [2.05, 4.69) is 20.8 Å². The maximum absolute atomic E-state index is 12.5. The van der Waals surface area contributed by atoms with Gasteiger partial charge in [-0.2, -0.15) is 0 Å². The van der Waals surface area contributed by atoms with Gasteiger partial charge in [-0.15, -0.1) is 0 Å². The summed E-state index contributed by atoms with van der Waals surface area (Å²) in [7, 11) is 0. The van der Waals surface area contributed by atoms with Crippen molar-refractivity contribution < 1.29 is 14.7 Å². The van der Waals surface area contributed by atoms with E-state index >= 15 is 0 Å². The fraction of sp³-hybridized carbons (Fsp3) is 0.867. The highest BCUT2D eigenvalue weighted by atomic mass is 16.4. The Kier molecular flexibility index (Phi) is 4.25. The Labute approximate surface area is 120 Å². The molecule has 0 spiro atoms. The van der Waals surface area contributed by atoms with Gasteiger partial charge in [0, 0.05) is 19.6 Å². The van der Waals surface area contributed by atoms with Crippen LogP contribution >= 0.6 is 0 Å². The molecule has 1 atom stereocenters. The molecule has 20 heavy (non-hydrogen) atoms. The average Bonchev–Trinajstić information content (AvgIpc) is 2.98. The first-order valence-corrected chi connectivity index (χ1v) is 7.53. The fourth-order valence-corrected chi connectivity index (χ4v) is 2.83. The van der Waals surface area contributed by atoms with Gasteiger partial charge in [0.25, 0.3) is 0 Å². The van der Waals surface area contributed by atoms with E-state index in [-0.39, 0.29) is 18.0 Å². The molecule has 0 bridgehead atoms. The number of hydrogen-bond donors (Lipinski definition) is 1. The number of nitrogens with zero attached hydrogens (tertiary/aromatic N) is 2. The topological polar surface area (TPSA) is 60.9 Å². The standard InChI is InChI=1S/C15H26N2O3/c1-15(2,3)12-6-7-16(9-12)14(20)17(10-13(18)19)8-11-4-5-11/h11-12H,4-10H2,1-3H3,(H,18,19). The van der Waals surface area contributed by atoms with Gasteiger partial charge in [-0.1, -0.05) is 20.8 Å². The number of likely N-dealkylation sites (tertiary alicyclic amines) is 1. The minimum Gasteiger partial charge on any atom is -0.480 e. The molecule has 2 amide bonds. The Hall–Kier alpha value is -1.26. The van der Waals surface area contributed by atoms with Crippen LogP contribution < -0.4 is 0 Å². The van der Waals surface area contributed by atoms with Crippen molar-refractivity contribution in [2.75, 3.05) is 26.2 Å². The summed E-state index contributed by atoms with van der Waals surface area (Å²) < 4.78 is 0. The van der Waals surface area contributed by atoms with Crippen molar-refractivity contribution in [3.05, 3.63) is 0 Å². The maximum Gasteiger partial charge on any atom is 0.323 e. The van der Waals surface area contributed by atoms with Crippen molar-refractivity contribution in [1.82, 2.24) is 9.80 Å². The second-order valence-corrected chi connectivity index (χ2v) is 7.30. The molecule has 0 radical (unpaired) electrons. The first-order chi connectivity index (χ1) is 9.27. The predicted octanol–water partition coefficient (Wildman–Crippen LogP) is 2.27. The highest BCUT2D eigenvalue weighted by molar-refractivity contribution is 5.80. The molecule has 0 aromatic rings. The fourth-order valence-electron chi connectivity index (χ4n) is 2.83. The highest BCUT2D eigenvalue weighted by Gasteiger charge is 2.37. The second-order valence-electron chi connectivity index (χ2n) is 7.30. The van der Waals surface area contributed by atoms with E-state index < -0.39 is 5.97 Å². The molecule has 1 saturated heterocycles. The van der Waals surface area contributed by atoms with Crippen molar-refractivity contribution in [2.24, 2.45) is 17.3 Å². The zero-order valence-corrected chi connectivity index (χ0v) is 12.8. The molecule has 1 N–H and O–H groups in total. The molecule has 1 unspecified atom stereocenters. The average molecular weight is 282 g/mol. The Bertz CT molecular complexity index is 385. The number of rotatable bonds is 4. The Balaban J connectivity index is 1.95. The number of carboxylic acids is 1. The molecule has 1 heterocycles. The summed E-state index contributed by atoms with van der Waals surface area (Å²) in [5.74, 6) is 0.0870. The Morgan fingerprint density at radius 2 is 1.90 bits per heavy atom. The Morgan fingerprint density at radius 3 is 2.35 bits per heavy atom. The normalized spacial score (nSPS) is 22.9. The number of aliphatic carboxylic acids is 1. The summed E-state index contributed by atoms with van der Waals surface area (Å²) in [5.41, 5.74) is 0.198. The third-order valence-electron chi connectivity index (χ3n) is 4.46. The molecule has 0 aromatic carbocycles. The van der Waals surface area contributed by atoms with Gasteiger partial charge in [-0.3, -0.25) is 4.79 Å². The summed E-state index contributed by atoms with van der Waals surface area (Å²) in [6.07, 6.45) is 3.25. The summed E-state index contributed by atoms with van der Waals surface area (Å²) in [6, 6.07) is -0.0916. The summed E-state index contributed by atoms with van der Waals surface area (Å²) in [4.78, 5) is 26.8. The molecule has 1 aliphatic heterocycles. The zero-order chi connectivity index (χ0) is 14.9. The summed E-state index contributed by atoms with van der Waals surface area (Å²) in [6.45, 7) is 8.53. The Morgan fingerprint density at radius 1 is 1.25 bits per heavy atom. The number of carbonyl (C=O) groups excluding carboxylic acids is 1. The SMILES string of the molecule is CC(C)(C)C1CCN(C(=O)N(CC(=O)O)CC2CC2)C1. The van der Waals surface area contributed by atoms with Crippen molar-refractivity contribution in [2.45, 2.75) is 40.0 Å². The van der Waals surface area contributed by atoms with Crippen LogP contribution in [0.4, 0.5) is 4.79 Å². The number of hydrogen-bond acceptors (Lipinski definition) is 2. The van der Waals surface area contributed by atoms with E-state index in [4.69, 9.17) is 5.11 Å². The van der Waals surface area contributed by atoms with Crippen molar-refractivity contribution in [3.63, 3.8) is 0 Å². The van der Waals surface area contributed by atoms with Crippen LogP contribution in [0.3, 0.4) is 0 Å². The predicted molar refractivity (Wildman–Crippen MR) is 76.5 cm³/mol. The zero-order valence-electron chi connectivity index (χ0n) is 12.8. The minimum absolute atomic E-state index is 0.0916. The molecule has 0 aromatic heterocycles. The van der Waals surface area contributed by atoms with Crippen LogP contribution in [0.5, 0.6) is 0 Å². The van der Waals surface area contributed by atoms with Crippen LogP contribution in [0.1, 0.15) is 40.0 Å². The van der Waals surface area contributed by atoms with Gasteiger partial charge < -0.3 is 14.9 Å². The van der Waals surface area contributed by atoms with Crippen molar-refractivity contribution in [3.8, 4) is 0 Å². The highest BCUT2D eigenvalue weighted by Crippen LogP contribution is 2.34. The van der Waals surface area contributed by atoms with Gasteiger partial charge in [-0.25, -0.2) is 4.79 Å². The lowest BCUT2D eigenvalue weighted by Gasteiger charge is -2.29. The van der Waals surface area contributed by atoms with E-state index in [1.54, 1.807) is 0 Å². The van der Waals surface area contributed by atoms with Gasteiger partial charge in [-0.05, 0) is 36.5 Å². The number of urea groups is 1. The molecule has 2 aliphatic rings. The quantitative estimate of drug-likeness (QED) is 0.860. The molecule has 114 valence electrons. The van der Waals surface area contributed by atoms with Crippen LogP contribution in [-0.2, 0) is 4.79 Å². The van der Waals surface area contributed by atoms with E-state index in [9.17, 15) is 9.59 Å². The molecule has 2 rings (SSSR count). The first-order valence-electron chi connectivity index (χ1n) is 7.53. The first kappa shape index (κ1) is 15.1. The molecular weight excluding hydrogens is 256 g/mol. The number of carboxylic acid groups (broad SMARTS) is 1. The van der Waals surface area contributed by atoms with Crippen LogP contribution in [0, 0.1) is 17.3 Å². The lowest BCUT2D eigenvalue weighted by Crippen LogP contribution is -2.45. The lowest BCUT2D eigenvalue weighted by molar-refractivity contribution is -0.137. The third kappa shape index (κ3) is 3.87. The lowest BCUT2D eigenvalue weighted by atomic mass is 9.80. The number of amides is 2. The molecular formula is C15H26N2O3. The molecule has 5 heteroatoms. The van der Waals surface area contributed by atoms with Crippen molar-refractivity contribution >= 4 is 12.0 Å². The van der Waals surface area contributed by atoms with Crippen LogP contribution in [0.25, 0.3) is 0 Å². The van der Waals surface area contributed by atoms with Crippen LogP contribution in [-0.4, -0.2) is 53.1 Å². The van der Waals surface area contributed by atoms with Gasteiger partial charge in [0.15, 0.2) is 0 Å². The summed E-state index contributed by atoms with van der Waals surface area (Å²) >= 11 is 0. The van der Waals surface area contributed by atoms with Crippen LogP contribution in [0.15, 0.2) is 0 Å². The minimum atomic E-state index is -0.925. The van der Waals surface area contributed by atoms with Gasteiger partial charge in [0.05, 0.1) is 0 Å². The molecule has 1 saturated carbocycles. The van der Waals surface area contributed by atoms with E-state index in [0.29, 0.717) is 18.4 Å². The largest absolute Gasteiger partial charge is 0.480 e.